The normalized spacial score (nSPS) is 13.1. The van der Waals surface area contributed by atoms with E-state index in [2.05, 4.69) is 26.8 Å². The summed E-state index contributed by atoms with van der Waals surface area (Å²) in [6.45, 7) is 6.41. The lowest BCUT2D eigenvalue weighted by Gasteiger charge is -2.16. The van der Waals surface area contributed by atoms with Crippen molar-refractivity contribution in [2.75, 3.05) is 7.11 Å². The van der Waals surface area contributed by atoms with Crippen LogP contribution < -0.4 is 4.74 Å². The van der Waals surface area contributed by atoms with Gasteiger partial charge in [0.25, 0.3) is 0 Å². The summed E-state index contributed by atoms with van der Waals surface area (Å²) in [7, 11) is 1.78. The van der Waals surface area contributed by atoms with Gasteiger partial charge in [0, 0.05) is 22.7 Å². The van der Waals surface area contributed by atoms with Crippen molar-refractivity contribution in [3.63, 3.8) is 0 Å². The first-order valence-electron chi connectivity index (χ1n) is 9.49. The number of benzene rings is 2. The maximum atomic E-state index is 6.04. The lowest BCUT2D eigenvalue weighted by molar-refractivity contribution is 0.407. The van der Waals surface area contributed by atoms with Crippen LogP contribution in [-0.4, -0.2) is 16.9 Å². The first-order chi connectivity index (χ1) is 13.0. The third-order valence-corrected chi connectivity index (χ3v) is 5.96. The van der Waals surface area contributed by atoms with Gasteiger partial charge in [0.2, 0.25) is 0 Å². The molecule has 1 aliphatic carbocycles. The van der Waals surface area contributed by atoms with Crippen LogP contribution in [0.25, 0.3) is 5.69 Å². The Labute approximate surface area is 165 Å². The molecule has 0 aliphatic heterocycles. The number of ether oxygens (including phenoxy) is 1. The van der Waals surface area contributed by atoms with Crippen molar-refractivity contribution in [1.29, 1.82) is 0 Å². The van der Waals surface area contributed by atoms with Gasteiger partial charge < -0.3 is 4.74 Å². The van der Waals surface area contributed by atoms with Gasteiger partial charge in [-0.1, -0.05) is 17.7 Å². The van der Waals surface area contributed by atoms with Crippen molar-refractivity contribution < 1.29 is 4.74 Å². The molecule has 0 amide bonds. The van der Waals surface area contributed by atoms with Gasteiger partial charge in [-0.3, -0.25) is 0 Å². The minimum atomic E-state index is 0.741. The number of fused-ring (bicyclic) bond motifs is 1. The molecule has 0 saturated heterocycles. The van der Waals surface area contributed by atoms with Gasteiger partial charge in [0.15, 0.2) is 0 Å². The monoisotopic (exact) mass is 380 g/mol. The molecule has 1 aromatic heterocycles. The SMILES string of the molecule is COc1c(C)cc(Cc2c(C)nn(-c3ccc(Cl)cc3)c2C)c2c1CCC2. The minimum absolute atomic E-state index is 0.741. The van der Waals surface area contributed by atoms with Gasteiger partial charge in [-0.25, -0.2) is 4.68 Å². The number of hydrogen-bond donors (Lipinski definition) is 0. The third-order valence-electron chi connectivity index (χ3n) is 5.71. The summed E-state index contributed by atoms with van der Waals surface area (Å²) < 4.78 is 7.71. The lowest BCUT2D eigenvalue weighted by atomic mass is 9.93. The van der Waals surface area contributed by atoms with E-state index in [9.17, 15) is 0 Å². The van der Waals surface area contributed by atoms with Crippen LogP contribution >= 0.6 is 11.6 Å². The van der Waals surface area contributed by atoms with Gasteiger partial charge in [-0.15, -0.1) is 0 Å². The highest BCUT2D eigenvalue weighted by Crippen LogP contribution is 2.37. The second kappa shape index (κ2) is 7.05. The summed E-state index contributed by atoms with van der Waals surface area (Å²) in [5.41, 5.74) is 10.2. The first kappa shape index (κ1) is 18.1. The highest BCUT2D eigenvalue weighted by molar-refractivity contribution is 6.30. The number of nitrogens with zero attached hydrogens (tertiary/aromatic N) is 2. The molecule has 4 rings (SSSR count). The summed E-state index contributed by atoms with van der Waals surface area (Å²) >= 11 is 6.04. The van der Waals surface area contributed by atoms with E-state index in [0.29, 0.717) is 0 Å². The molecule has 0 radical (unpaired) electrons. The molecule has 3 nitrogen and oxygen atoms in total. The zero-order valence-electron chi connectivity index (χ0n) is 16.4. The average molecular weight is 381 g/mol. The van der Waals surface area contributed by atoms with Crippen LogP contribution in [0.5, 0.6) is 5.75 Å². The average Bonchev–Trinajstić information content (AvgIpc) is 3.23. The summed E-state index contributed by atoms with van der Waals surface area (Å²) in [4.78, 5) is 0. The van der Waals surface area contributed by atoms with Crippen molar-refractivity contribution in [1.82, 2.24) is 9.78 Å². The van der Waals surface area contributed by atoms with Crippen molar-refractivity contribution in [2.24, 2.45) is 0 Å². The van der Waals surface area contributed by atoms with Crippen LogP contribution in [0.4, 0.5) is 0 Å². The van der Waals surface area contributed by atoms with E-state index in [4.69, 9.17) is 21.4 Å². The van der Waals surface area contributed by atoms with Crippen molar-refractivity contribution >= 4 is 11.6 Å². The number of aryl methyl sites for hydroxylation is 2. The Morgan fingerprint density at radius 2 is 1.78 bits per heavy atom. The van der Waals surface area contributed by atoms with E-state index in [1.807, 2.05) is 28.9 Å². The van der Waals surface area contributed by atoms with E-state index in [1.165, 1.54) is 39.9 Å². The highest BCUT2D eigenvalue weighted by atomic mass is 35.5. The lowest BCUT2D eigenvalue weighted by Crippen LogP contribution is -2.03. The molecule has 0 N–H and O–H groups in total. The molecule has 1 heterocycles. The molecular weight excluding hydrogens is 356 g/mol. The maximum absolute atomic E-state index is 6.04. The Hall–Kier alpha value is -2.26. The van der Waals surface area contributed by atoms with Crippen LogP contribution in [0, 0.1) is 20.8 Å². The summed E-state index contributed by atoms with van der Waals surface area (Å²) in [5, 5.41) is 5.55. The fourth-order valence-electron chi connectivity index (χ4n) is 4.40. The Morgan fingerprint density at radius 3 is 2.48 bits per heavy atom. The third kappa shape index (κ3) is 3.14. The van der Waals surface area contributed by atoms with Crippen LogP contribution in [0.15, 0.2) is 30.3 Å². The Balaban J connectivity index is 1.75. The molecule has 3 aromatic rings. The van der Waals surface area contributed by atoms with Gasteiger partial charge in [0.1, 0.15) is 5.75 Å². The minimum Gasteiger partial charge on any atom is -0.496 e. The standard InChI is InChI=1S/C23H25ClN2O/c1-14-12-17(20-6-5-7-21(20)23(14)27-4)13-22-15(2)25-26(16(22)3)19-10-8-18(24)9-11-19/h8-12H,5-7,13H2,1-4H3. The topological polar surface area (TPSA) is 27.1 Å². The second-order valence-electron chi connectivity index (χ2n) is 7.41. The van der Waals surface area contributed by atoms with Crippen molar-refractivity contribution in [3.8, 4) is 11.4 Å². The summed E-state index contributed by atoms with van der Waals surface area (Å²) in [6.07, 6.45) is 4.39. The molecule has 2 aromatic carbocycles. The molecule has 27 heavy (non-hydrogen) atoms. The van der Waals surface area contributed by atoms with E-state index < -0.39 is 0 Å². The Morgan fingerprint density at radius 1 is 1.07 bits per heavy atom. The van der Waals surface area contributed by atoms with Crippen LogP contribution in [-0.2, 0) is 19.3 Å². The number of hydrogen-bond acceptors (Lipinski definition) is 2. The molecule has 0 saturated carbocycles. The van der Waals surface area contributed by atoms with E-state index in [-0.39, 0.29) is 0 Å². The Bertz CT molecular complexity index is 1000. The van der Waals surface area contributed by atoms with Crippen LogP contribution in [0.1, 0.15) is 45.6 Å². The molecule has 0 fully saturated rings. The predicted octanol–water partition coefficient (Wildman–Crippen LogP) is 5.54. The van der Waals surface area contributed by atoms with Gasteiger partial charge >= 0.3 is 0 Å². The maximum Gasteiger partial charge on any atom is 0.125 e. The summed E-state index contributed by atoms with van der Waals surface area (Å²) in [6, 6.07) is 10.2. The fourth-order valence-corrected chi connectivity index (χ4v) is 4.52. The Kier molecular flexibility index (Phi) is 4.73. The number of methoxy groups -OCH3 is 1. The fraction of sp³-hybridized carbons (Fsp3) is 0.348. The molecule has 140 valence electrons. The largest absolute Gasteiger partial charge is 0.496 e. The quantitative estimate of drug-likeness (QED) is 0.594. The highest BCUT2D eigenvalue weighted by Gasteiger charge is 2.23. The molecule has 0 spiro atoms. The molecule has 1 aliphatic rings. The molecular formula is C23H25ClN2O. The van der Waals surface area contributed by atoms with E-state index >= 15 is 0 Å². The predicted molar refractivity (Wildman–Crippen MR) is 111 cm³/mol. The number of rotatable bonds is 4. The number of aromatic nitrogens is 2. The molecule has 4 heteroatoms. The summed E-state index contributed by atoms with van der Waals surface area (Å²) in [5.74, 6) is 1.08. The molecule has 0 atom stereocenters. The van der Waals surface area contributed by atoms with Crippen molar-refractivity contribution in [2.45, 2.75) is 46.5 Å². The second-order valence-corrected chi connectivity index (χ2v) is 7.85. The molecule has 0 bridgehead atoms. The van der Waals surface area contributed by atoms with Crippen LogP contribution in [0.3, 0.4) is 0 Å². The van der Waals surface area contributed by atoms with Gasteiger partial charge in [-0.2, -0.15) is 5.10 Å². The van der Waals surface area contributed by atoms with Crippen molar-refractivity contribution in [3.05, 3.63) is 74.6 Å². The number of halogens is 1. The van der Waals surface area contributed by atoms with E-state index in [0.717, 1.165) is 41.4 Å². The zero-order valence-corrected chi connectivity index (χ0v) is 17.2. The van der Waals surface area contributed by atoms with E-state index in [1.54, 1.807) is 7.11 Å². The van der Waals surface area contributed by atoms with Gasteiger partial charge in [0.05, 0.1) is 18.5 Å². The van der Waals surface area contributed by atoms with Gasteiger partial charge in [-0.05, 0) is 86.6 Å². The zero-order chi connectivity index (χ0) is 19.1. The smallest absolute Gasteiger partial charge is 0.125 e. The first-order valence-corrected chi connectivity index (χ1v) is 9.86. The van der Waals surface area contributed by atoms with Crippen LogP contribution in [0.2, 0.25) is 5.02 Å². The molecule has 0 unspecified atom stereocenters.